The van der Waals surface area contributed by atoms with Crippen LogP contribution in [-0.4, -0.2) is 5.78 Å². The minimum absolute atomic E-state index is 0.0627. The van der Waals surface area contributed by atoms with Crippen molar-refractivity contribution in [2.45, 2.75) is 13.1 Å². The summed E-state index contributed by atoms with van der Waals surface area (Å²) < 4.78 is 36.9. The molecule has 5 heteroatoms. The molecule has 1 aromatic rings. The van der Waals surface area contributed by atoms with Crippen LogP contribution in [0.3, 0.4) is 0 Å². The lowest BCUT2D eigenvalue weighted by molar-refractivity contribution is -0.137. The van der Waals surface area contributed by atoms with Crippen LogP contribution in [-0.2, 0) is 6.18 Å². The Hall–Kier alpha value is -1.29. The van der Waals surface area contributed by atoms with E-state index >= 15 is 0 Å². The van der Waals surface area contributed by atoms with Crippen molar-refractivity contribution in [2.75, 3.05) is 0 Å². The highest BCUT2D eigenvalue weighted by molar-refractivity contribution is 6.34. The largest absolute Gasteiger partial charge is 0.416 e. The first-order valence-electron chi connectivity index (χ1n) is 4.40. The number of hydrogen-bond acceptors (Lipinski definition) is 1. The van der Waals surface area contributed by atoms with Crippen molar-refractivity contribution in [3.05, 3.63) is 46.5 Å². The quantitative estimate of drug-likeness (QED) is 0.568. The molecule has 0 bridgehead atoms. The van der Waals surface area contributed by atoms with E-state index in [0.29, 0.717) is 0 Å². The third-order valence-electron chi connectivity index (χ3n) is 1.88. The molecular formula is C11H8ClF3O. The summed E-state index contributed by atoms with van der Waals surface area (Å²) in [7, 11) is 0. The molecule has 1 aromatic carbocycles. The van der Waals surface area contributed by atoms with Crippen molar-refractivity contribution in [3.8, 4) is 0 Å². The van der Waals surface area contributed by atoms with E-state index in [9.17, 15) is 18.0 Å². The van der Waals surface area contributed by atoms with Crippen LogP contribution in [0.25, 0.3) is 0 Å². The standard InChI is InChI=1S/C11H8ClF3O/c1-2-3-10(16)8-5-4-7(6-9(8)12)11(13,14)15/h2-6H,1H3. The Morgan fingerprint density at radius 2 is 2.00 bits per heavy atom. The maximum absolute atomic E-state index is 12.3. The number of hydrogen-bond donors (Lipinski definition) is 0. The SMILES string of the molecule is CC=CC(=O)c1ccc(C(F)(F)F)cc1Cl. The number of alkyl halides is 3. The van der Waals surface area contributed by atoms with Crippen molar-refractivity contribution in [1.29, 1.82) is 0 Å². The van der Waals surface area contributed by atoms with Crippen LogP contribution < -0.4 is 0 Å². The second kappa shape index (κ2) is 4.70. The molecule has 0 atom stereocenters. The summed E-state index contributed by atoms with van der Waals surface area (Å²) in [6.07, 6.45) is -1.71. The van der Waals surface area contributed by atoms with Crippen LogP contribution >= 0.6 is 11.6 Å². The van der Waals surface area contributed by atoms with E-state index in [1.54, 1.807) is 6.92 Å². The fourth-order valence-corrected chi connectivity index (χ4v) is 1.41. The number of allylic oxidation sites excluding steroid dienone is 2. The molecule has 0 aliphatic carbocycles. The van der Waals surface area contributed by atoms with Gasteiger partial charge in [-0.05, 0) is 31.2 Å². The first-order chi connectivity index (χ1) is 7.36. The predicted molar refractivity (Wildman–Crippen MR) is 55.6 cm³/mol. The van der Waals surface area contributed by atoms with Gasteiger partial charge in [0.05, 0.1) is 10.6 Å². The molecule has 16 heavy (non-hydrogen) atoms. The lowest BCUT2D eigenvalue weighted by atomic mass is 10.1. The van der Waals surface area contributed by atoms with E-state index in [4.69, 9.17) is 11.6 Å². The summed E-state index contributed by atoms with van der Waals surface area (Å²) in [4.78, 5) is 11.4. The summed E-state index contributed by atoms with van der Waals surface area (Å²) in [6, 6.07) is 2.66. The molecule has 0 aliphatic rings. The molecule has 0 aromatic heterocycles. The van der Waals surface area contributed by atoms with Gasteiger partial charge in [0.25, 0.3) is 0 Å². The summed E-state index contributed by atoms with van der Waals surface area (Å²) in [5.41, 5.74) is -0.803. The van der Waals surface area contributed by atoms with Gasteiger partial charge >= 0.3 is 6.18 Å². The molecule has 1 rings (SSSR count). The Bertz CT molecular complexity index is 435. The minimum Gasteiger partial charge on any atom is -0.289 e. The highest BCUT2D eigenvalue weighted by Gasteiger charge is 2.31. The Kier molecular flexibility index (Phi) is 3.75. The molecule has 0 fully saturated rings. The lowest BCUT2D eigenvalue weighted by Crippen LogP contribution is -2.06. The molecule has 86 valence electrons. The van der Waals surface area contributed by atoms with Crippen LogP contribution in [0, 0.1) is 0 Å². The maximum Gasteiger partial charge on any atom is 0.416 e. The zero-order chi connectivity index (χ0) is 12.3. The molecule has 0 saturated carbocycles. The number of carbonyl (C=O) groups is 1. The highest BCUT2D eigenvalue weighted by atomic mass is 35.5. The topological polar surface area (TPSA) is 17.1 Å². The summed E-state index contributed by atoms with van der Waals surface area (Å²) in [6.45, 7) is 1.63. The smallest absolute Gasteiger partial charge is 0.289 e. The normalized spacial score (nSPS) is 12.1. The molecule has 0 radical (unpaired) electrons. The van der Waals surface area contributed by atoms with Crippen molar-refractivity contribution < 1.29 is 18.0 Å². The van der Waals surface area contributed by atoms with Crippen LogP contribution in [0.1, 0.15) is 22.8 Å². The highest BCUT2D eigenvalue weighted by Crippen LogP contribution is 2.32. The Morgan fingerprint density at radius 3 is 2.44 bits per heavy atom. The van der Waals surface area contributed by atoms with Gasteiger partial charge in [0, 0.05) is 5.56 Å². The second-order valence-corrected chi connectivity index (χ2v) is 3.46. The maximum atomic E-state index is 12.3. The third-order valence-corrected chi connectivity index (χ3v) is 2.19. The molecular weight excluding hydrogens is 241 g/mol. The van der Waals surface area contributed by atoms with Gasteiger partial charge in [-0.1, -0.05) is 17.7 Å². The first-order valence-corrected chi connectivity index (χ1v) is 4.78. The molecule has 1 nitrogen and oxygen atoms in total. The van der Waals surface area contributed by atoms with Crippen LogP contribution in [0.15, 0.2) is 30.4 Å². The Labute approximate surface area is 95.5 Å². The van der Waals surface area contributed by atoms with Crippen LogP contribution in [0.4, 0.5) is 13.2 Å². The van der Waals surface area contributed by atoms with Gasteiger partial charge in [-0.25, -0.2) is 0 Å². The van der Waals surface area contributed by atoms with Gasteiger partial charge in [0.2, 0.25) is 0 Å². The van der Waals surface area contributed by atoms with Gasteiger partial charge in [-0.3, -0.25) is 4.79 Å². The molecule has 0 N–H and O–H groups in total. The van der Waals surface area contributed by atoms with Crippen molar-refractivity contribution in [1.82, 2.24) is 0 Å². The summed E-state index contributed by atoms with van der Waals surface area (Å²) in [5.74, 6) is -0.416. The average Bonchev–Trinajstić information content (AvgIpc) is 2.16. The zero-order valence-electron chi connectivity index (χ0n) is 8.31. The number of benzene rings is 1. The van der Waals surface area contributed by atoms with Crippen molar-refractivity contribution in [3.63, 3.8) is 0 Å². The van der Waals surface area contributed by atoms with E-state index in [1.807, 2.05) is 0 Å². The fourth-order valence-electron chi connectivity index (χ4n) is 1.13. The van der Waals surface area contributed by atoms with E-state index in [2.05, 4.69) is 0 Å². The molecule has 0 saturated heterocycles. The molecule has 0 aliphatic heterocycles. The number of carbonyl (C=O) groups excluding carboxylic acids is 1. The fraction of sp³-hybridized carbons (Fsp3) is 0.182. The number of ketones is 1. The summed E-state index contributed by atoms with van der Waals surface area (Å²) >= 11 is 5.61. The van der Waals surface area contributed by atoms with Crippen molar-refractivity contribution in [2.24, 2.45) is 0 Å². The van der Waals surface area contributed by atoms with Gasteiger partial charge in [-0.2, -0.15) is 13.2 Å². The van der Waals surface area contributed by atoms with Gasteiger partial charge in [0.1, 0.15) is 0 Å². The van der Waals surface area contributed by atoms with E-state index < -0.39 is 17.5 Å². The monoisotopic (exact) mass is 248 g/mol. The van der Waals surface area contributed by atoms with Crippen molar-refractivity contribution >= 4 is 17.4 Å². The molecule has 0 spiro atoms. The molecule has 0 amide bonds. The summed E-state index contributed by atoms with van der Waals surface area (Å²) in [5, 5.41) is -0.196. The van der Waals surface area contributed by atoms with E-state index in [0.717, 1.165) is 18.2 Å². The minimum atomic E-state index is -4.45. The van der Waals surface area contributed by atoms with Crippen LogP contribution in [0.5, 0.6) is 0 Å². The predicted octanol–water partition coefficient (Wildman–Crippen LogP) is 4.12. The lowest BCUT2D eigenvalue weighted by Gasteiger charge is -2.08. The molecule has 0 unspecified atom stereocenters. The number of rotatable bonds is 2. The zero-order valence-corrected chi connectivity index (χ0v) is 9.06. The van der Waals surface area contributed by atoms with Gasteiger partial charge in [0.15, 0.2) is 5.78 Å². The average molecular weight is 249 g/mol. The van der Waals surface area contributed by atoms with Crippen LogP contribution in [0.2, 0.25) is 5.02 Å². The van der Waals surface area contributed by atoms with E-state index in [-0.39, 0.29) is 10.6 Å². The van der Waals surface area contributed by atoms with E-state index in [1.165, 1.54) is 12.2 Å². The Morgan fingerprint density at radius 1 is 1.38 bits per heavy atom. The Balaban J connectivity index is 3.15. The number of halogens is 4. The second-order valence-electron chi connectivity index (χ2n) is 3.06. The third kappa shape index (κ3) is 2.85. The van der Waals surface area contributed by atoms with Gasteiger partial charge < -0.3 is 0 Å². The first kappa shape index (κ1) is 12.8. The molecule has 0 heterocycles. The van der Waals surface area contributed by atoms with Gasteiger partial charge in [-0.15, -0.1) is 0 Å².